The van der Waals surface area contributed by atoms with Crippen LogP contribution in [0, 0.1) is 5.41 Å². The highest BCUT2D eigenvalue weighted by atomic mass is 16.2. The van der Waals surface area contributed by atoms with E-state index in [0.29, 0.717) is 6.04 Å². The van der Waals surface area contributed by atoms with Gasteiger partial charge in [0.1, 0.15) is 5.70 Å². The van der Waals surface area contributed by atoms with E-state index in [0.717, 1.165) is 51.0 Å². The molecule has 3 aliphatic rings. The SMILES string of the molecule is CCCN(CCC)C(=O)C1=C[C@]2(CC)CCCN3CCc4c(n1c1ccccc41)[C@@H]32. The molecule has 0 spiro atoms. The van der Waals surface area contributed by atoms with Crippen LogP contribution in [0.2, 0.25) is 0 Å². The number of benzene rings is 1. The zero-order chi connectivity index (χ0) is 20.9. The summed E-state index contributed by atoms with van der Waals surface area (Å²) in [6.45, 7) is 10.6. The number of carbonyl (C=O) groups excluding carboxylic acids is 1. The Morgan fingerprint density at radius 2 is 1.90 bits per heavy atom. The Hall–Kier alpha value is -2.07. The Kier molecular flexibility index (Phi) is 5.01. The molecule has 0 saturated carbocycles. The number of para-hydroxylation sites is 1. The molecule has 1 saturated heterocycles. The fraction of sp³-hybridized carbons (Fsp3) is 0.577. The van der Waals surface area contributed by atoms with Gasteiger partial charge in [-0.2, -0.15) is 0 Å². The third-order valence-electron chi connectivity index (χ3n) is 7.74. The third-order valence-corrected chi connectivity index (χ3v) is 7.74. The standard InChI is InChI=1S/C26H35N3O/c1-4-14-28(15-5-2)25(30)22-18-26(6-3)13-9-16-27-17-12-20-19-10-7-8-11-21(19)29(22)23(20)24(26)27/h7-8,10-11,18,24H,4-6,9,12-17H2,1-3H3/t24-,26+/m1/s1. The molecule has 1 fully saturated rings. The highest BCUT2D eigenvalue weighted by Crippen LogP contribution is 2.57. The van der Waals surface area contributed by atoms with Crippen LogP contribution in [0.25, 0.3) is 16.6 Å². The summed E-state index contributed by atoms with van der Waals surface area (Å²) >= 11 is 0. The number of amides is 1. The van der Waals surface area contributed by atoms with Gasteiger partial charge < -0.3 is 9.47 Å². The monoisotopic (exact) mass is 405 g/mol. The fourth-order valence-corrected chi connectivity index (χ4v) is 6.45. The van der Waals surface area contributed by atoms with Crippen molar-refractivity contribution in [2.75, 3.05) is 26.2 Å². The molecular weight excluding hydrogens is 370 g/mol. The third kappa shape index (κ3) is 2.72. The second-order valence-corrected chi connectivity index (χ2v) is 9.42. The van der Waals surface area contributed by atoms with Gasteiger partial charge in [-0.05, 0) is 62.8 Å². The molecule has 1 amide bonds. The van der Waals surface area contributed by atoms with Crippen LogP contribution in [0.1, 0.15) is 70.2 Å². The fourth-order valence-electron chi connectivity index (χ4n) is 6.45. The van der Waals surface area contributed by atoms with E-state index in [4.69, 9.17) is 0 Å². The topological polar surface area (TPSA) is 28.5 Å². The van der Waals surface area contributed by atoms with Gasteiger partial charge in [-0.25, -0.2) is 0 Å². The molecule has 0 bridgehead atoms. The van der Waals surface area contributed by atoms with E-state index >= 15 is 0 Å². The lowest BCUT2D eigenvalue weighted by atomic mass is 9.66. The predicted octanol–water partition coefficient (Wildman–Crippen LogP) is 5.23. The number of hydrogen-bond acceptors (Lipinski definition) is 2. The molecule has 2 atom stereocenters. The molecule has 1 aromatic heterocycles. The normalized spacial score (nSPS) is 25.2. The summed E-state index contributed by atoms with van der Waals surface area (Å²) in [6, 6.07) is 9.16. The molecule has 0 radical (unpaired) electrons. The van der Waals surface area contributed by atoms with Gasteiger partial charge in [-0.3, -0.25) is 9.69 Å². The summed E-state index contributed by atoms with van der Waals surface area (Å²) in [5.41, 5.74) is 5.11. The van der Waals surface area contributed by atoms with E-state index in [-0.39, 0.29) is 11.3 Å². The molecule has 2 aromatic rings. The molecule has 0 aliphatic carbocycles. The second-order valence-electron chi connectivity index (χ2n) is 9.42. The number of piperidine rings is 1. The van der Waals surface area contributed by atoms with Crippen LogP contribution in [-0.4, -0.2) is 46.5 Å². The minimum atomic E-state index is 0.0763. The highest BCUT2D eigenvalue weighted by molar-refractivity contribution is 6.16. The summed E-state index contributed by atoms with van der Waals surface area (Å²) in [7, 11) is 0. The molecule has 0 N–H and O–H groups in total. The van der Waals surface area contributed by atoms with E-state index in [1.165, 1.54) is 41.5 Å². The van der Waals surface area contributed by atoms with Crippen molar-refractivity contribution in [2.45, 2.75) is 65.3 Å². The molecule has 3 aliphatic heterocycles. The number of carbonyl (C=O) groups is 1. The van der Waals surface area contributed by atoms with Crippen molar-refractivity contribution in [3.63, 3.8) is 0 Å². The number of fused-ring (bicyclic) bond motifs is 3. The van der Waals surface area contributed by atoms with Crippen molar-refractivity contribution in [1.82, 2.24) is 14.4 Å². The first-order valence-corrected chi connectivity index (χ1v) is 12.0. The van der Waals surface area contributed by atoms with E-state index in [1.807, 2.05) is 0 Å². The van der Waals surface area contributed by atoms with Crippen molar-refractivity contribution >= 4 is 22.5 Å². The molecule has 5 rings (SSSR count). The minimum absolute atomic E-state index is 0.0763. The van der Waals surface area contributed by atoms with E-state index in [2.05, 4.69) is 65.5 Å². The van der Waals surface area contributed by atoms with Crippen molar-refractivity contribution in [3.8, 4) is 0 Å². The average molecular weight is 406 g/mol. The molecular formula is C26H35N3O. The second kappa shape index (κ2) is 7.56. The summed E-state index contributed by atoms with van der Waals surface area (Å²) in [4.78, 5) is 18.7. The van der Waals surface area contributed by atoms with Crippen LogP contribution in [0.5, 0.6) is 0 Å². The van der Waals surface area contributed by atoms with Crippen molar-refractivity contribution < 1.29 is 4.79 Å². The smallest absolute Gasteiger partial charge is 0.270 e. The van der Waals surface area contributed by atoms with Crippen LogP contribution in [0.3, 0.4) is 0 Å². The van der Waals surface area contributed by atoms with Crippen LogP contribution < -0.4 is 0 Å². The quantitative estimate of drug-likeness (QED) is 0.658. The van der Waals surface area contributed by atoms with Gasteiger partial charge >= 0.3 is 0 Å². The lowest BCUT2D eigenvalue weighted by Gasteiger charge is -2.53. The summed E-state index contributed by atoms with van der Waals surface area (Å²) in [5.74, 6) is 0.219. The first-order valence-electron chi connectivity index (χ1n) is 12.0. The lowest BCUT2D eigenvalue weighted by Crippen LogP contribution is -2.51. The summed E-state index contributed by atoms with van der Waals surface area (Å²) in [5, 5.41) is 1.35. The maximum atomic E-state index is 13.9. The Balaban J connectivity index is 1.76. The number of nitrogens with zero attached hydrogens (tertiary/aromatic N) is 3. The van der Waals surface area contributed by atoms with Crippen LogP contribution in [0.15, 0.2) is 30.3 Å². The summed E-state index contributed by atoms with van der Waals surface area (Å²) in [6.07, 6.45) is 8.99. The zero-order valence-corrected chi connectivity index (χ0v) is 18.8. The molecule has 4 heterocycles. The molecule has 1 aromatic carbocycles. The Labute approximate surface area is 180 Å². The van der Waals surface area contributed by atoms with Gasteiger partial charge in [-0.15, -0.1) is 0 Å². The van der Waals surface area contributed by atoms with Gasteiger partial charge in [0.25, 0.3) is 5.91 Å². The highest BCUT2D eigenvalue weighted by Gasteiger charge is 2.51. The predicted molar refractivity (Wildman–Crippen MR) is 123 cm³/mol. The van der Waals surface area contributed by atoms with Gasteiger partial charge in [0.05, 0.1) is 11.6 Å². The van der Waals surface area contributed by atoms with Gasteiger partial charge in [0.15, 0.2) is 0 Å². The molecule has 160 valence electrons. The summed E-state index contributed by atoms with van der Waals surface area (Å²) < 4.78 is 2.36. The molecule has 0 unspecified atom stereocenters. The Morgan fingerprint density at radius 3 is 2.63 bits per heavy atom. The van der Waals surface area contributed by atoms with Crippen molar-refractivity contribution in [1.29, 1.82) is 0 Å². The zero-order valence-electron chi connectivity index (χ0n) is 18.8. The number of hydrogen-bond donors (Lipinski definition) is 0. The largest absolute Gasteiger partial charge is 0.337 e. The van der Waals surface area contributed by atoms with E-state index in [1.54, 1.807) is 0 Å². The Bertz CT molecular complexity index is 997. The van der Waals surface area contributed by atoms with Crippen LogP contribution in [-0.2, 0) is 11.2 Å². The average Bonchev–Trinajstić information content (AvgIpc) is 3.12. The number of rotatable bonds is 6. The maximum absolute atomic E-state index is 13.9. The van der Waals surface area contributed by atoms with Gasteiger partial charge in [0, 0.05) is 36.1 Å². The van der Waals surface area contributed by atoms with Crippen LogP contribution in [0.4, 0.5) is 0 Å². The van der Waals surface area contributed by atoms with Crippen molar-refractivity contribution in [2.24, 2.45) is 5.41 Å². The van der Waals surface area contributed by atoms with Gasteiger partial charge in [0.2, 0.25) is 0 Å². The maximum Gasteiger partial charge on any atom is 0.270 e. The molecule has 30 heavy (non-hydrogen) atoms. The van der Waals surface area contributed by atoms with Crippen LogP contribution >= 0.6 is 0 Å². The first kappa shape index (κ1) is 19.9. The Morgan fingerprint density at radius 1 is 1.13 bits per heavy atom. The van der Waals surface area contributed by atoms with E-state index < -0.39 is 0 Å². The van der Waals surface area contributed by atoms with Crippen molar-refractivity contribution in [3.05, 3.63) is 41.6 Å². The minimum Gasteiger partial charge on any atom is -0.337 e. The number of aromatic nitrogens is 1. The van der Waals surface area contributed by atoms with E-state index in [9.17, 15) is 4.79 Å². The first-order chi connectivity index (χ1) is 14.6. The molecule has 4 heteroatoms. The van der Waals surface area contributed by atoms with Gasteiger partial charge in [-0.1, -0.05) is 39.0 Å². The lowest BCUT2D eigenvalue weighted by molar-refractivity contribution is -0.125. The molecule has 4 nitrogen and oxygen atoms in total.